The van der Waals surface area contributed by atoms with Crippen LogP contribution < -0.4 is 0 Å². The maximum atomic E-state index is 13.5. The highest BCUT2D eigenvalue weighted by atomic mass is 19.1. The van der Waals surface area contributed by atoms with E-state index in [1.165, 1.54) is 0 Å². The summed E-state index contributed by atoms with van der Waals surface area (Å²) in [6.07, 6.45) is -0.796. The van der Waals surface area contributed by atoms with E-state index in [-0.39, 0.29) is 12.2 Å². The molecule has 2 rings (SSSR count). The summed E-state index contributed by atoms with van der Waals surface area (Å²) in [5, 5.41) is 0. The maximum absolute atomic E-state index is 13.5. The number of carbonyl (C=O) groups is 1. The third-order valence-electron chi connectivity index (χ3n) is 2.91. The van der Waals surface area contributed by atoms with Crippen LogP contribution in [0.25, 0.3) is 0 Å². The number of ketones is 1. The fraction of sp³-hybridized carbons (Fsp3) is 0.188. The van der Waals surface area contributed by atoms with E-state index >= 15 is 0 Å². The molecule has 0 unspecified atom stereocenters. The molecule has 104 valence electrons. The number of benzene rings is 2. The fourth-order valence-corrected chi connectivity index (χ4v) is 1.78. The summed E-state index contributed by atoms with van der Waals surface area (Å²) in [4.78, 5) is 12.0. The van der Waals surface area contributed by atoms with Gasteiger partial charge in [0, 0.05) is 6.07 Å². The molecule has 20 heavy (non-hydrogen) atoms. The van der Waals surface area contributed by atoms with Gasteiger partial charge in [0.1, 0.15) is 17.7 Å². The quantitative estimate of drug-likeness (QED) is 0.777. The lowest BCUT2D eigenvalue weighted by atomic mass is 10.1. The molecule has 0 aliphatic carbocycles. The van der Waals surface area contributed by atoms with Gasteiger partial charge in [0.05, 0.1) is 12.2 Å². The third-order valence-corrected chi connectivity index (χ3v) is 2.91. The lowest BCUT2D eigenvalue weighted by molar-refractivity contribution is 0.0408. The second-order valence-electron chi connectivity index (χ2n) is 4.43. The number of hydrogen-bond acceptors (Lipinski definition) is 2. The number of Topliss-reactive ketones (excluding diaryl/α,β-unsaturated/α-hetero) is 1. The standard InChI is InChI=1S/C16H14F2O2/c1-11(20-10-12-5-3-2-4-6-12)16(19)14-8-7-13(17)9-15(14)18/h2-9,11H,10H2,1H3/t11-/m1/s1. The highest BCUT2D eigenvalue weighted by Gasteiger charge is 2.19. The minimum absolute atomic E-state index is 0.160. The van der Waals surface area contributed by atoms with Gasteiger partial charge in [0.2, 0.25) is 0 Å². The van der Waals surface area contributed by atoms with Gasteiger partial charge in [-0.05, 0) is 24.6 Å². The first-order chi connectivity index (χ1) is 9.58. The Labute approximate surface area is 116 Å². The van der Waals surface area contributed by atoms with E-state index in [4.69, 9.17) is 4.74 Å². The number of halogens is 2. The highest BCUT2D eigenvalue weighted by Crippen LogP contribution is 2.14. The van der Waals surface area contributed by atoms with Gasteiger partial charge >= 0.3 is 0 Å². The Bertz CT molecular complexity index is 597. The molecule has 0 fully saturated rings. The molecule has 0 heterocycles. The normalized spacial score (nSPS) is 12.2. The number of ether oxygens (including phenoxy) is 1. The fourth-order valence-electron chi connectivity index (χ4n) is 1.78. The first-order valence-electron chi connectivity index (χ1n) is 6.22. The third kappa shape index (κ3) is 3.48. The summed E-state index contributed by atoms with van der Waals surface area (Å²) in [6, 6.07) is 12.2. The lowest BCUT2D eigenvalue weighted by Crippen LogP contribution is -2.22. The molecule has 2 aromatic rings. The Balaban J connectivity index is 2.01. The van der Waals surface area contributed by atoms with Crippen LogP contribution in [-0.2, 0) is 11.3 Å². The SMILES string of the molecule is C[C@@H](OCc1ccccc1)C(=O)c1ccc(F)cc1F. The smallest absolute Gasteiger partial charge is 0.194 e. The molecule has 4 heteroatoms. The average molecular weight is 276 g/mol. The van der Waals surface area contributed by atoms with Crippen molar-refractivity contribution >= 4 is 5.78 Å². The van der Waals surface area contributed by atoms with Crippen LogP contribution in [0.4, 0.5) is 8.78 Å². The van der Waals surface area contributed by atoms with E-state index in [1.807, 2.05) is 30.3 Å². The van der Waals surface area contributed by atoms with Crippen LogP contribution in [0.3, 0.4) is 0 Å². The molecule has 0 amide bonds. The van der Waals surface area contributed by atoms with Crippen LogP contribution in [-0.4, -0.2) is 11.9 Å². The van der Waals surface area contributed by atoms with Crippen molar-refractivity contribution < 1.29 is 18.3 Å². The molecule has 0 saturated carbocycles. The Hall–Kier alpha value is -2.07. The molecule has 0 spiro atoms. The largest absolute Gasteiger partial charge is 0.366 e. The monoisotopic (exact) mass is 276 g/mol. The van der Waals surface area contributed by atoms with E-state index in [1.54, 1.807) is 6.92 Å². The van der Waals surface area contributed by atoms with Gasteiger partial charge in [-0.25, -0.2) is 8.78 Å². The van der Waals surface area contributed by atoms with Gasteiger partial charge in [0.25, 0.3) is 0 Å². The van der Waals surface area contributed by atoms with Crippen LogP contribution in [0.15, 0.2) is 48.5 Å². The van der Waals surface area contributed by atoms with Gasteiger partial charge in [-0.15, -0.1) is 0 Å². The zero-order valence-corrected chi connectivity index (χ0v) is 11.0. The predicted octanol–water partition coefficient (Wildman–Crippen LogP) is 3.75. The van der Waals surface area contributed by atoms with Crippen LogP contribution >= 0.6 is 0 Å². The van der Waals surface area contributed by atoms with Crippen molar-refractivity contribution in [3.63, 3.8) is 0 Å². The molecule has 0 radical (unpaired) electrons. The molecule has 0 aliphatic rings. The summed E-state index contributed by atoms with van der Waals surface area (Å²) in [7, 11) is 0. The molecule has 0 aromatic heterocycles. The number of hydrogen-bond donors (Lipinski definition) is 0. The maximum Gasteiger partial charge on any atom is 0.194 e. The van der Waals surface area contributed by atoms with Crippen molar-refractivity contribution in [2.24, 2.45) is 0 Å². The summed E-state index contributed by atoms with van der Waals surface area (Å²) >= 11 is 0. The van der Waals surface area contributed by atoms with Crippen molar-refractivity contribution in [2.45, 2.75) is 19.6 Å². The van der Waals surface area contributed by atoms with Gasteiger partial charge in [-0.3, -0.25) is 4.79 Å². The second-order valence-corrected chi connectivity index (χ2v) is 4.43. The van der Waals surface area contributed by atoms with Crippen LogP contribution in [0.1, 0.15) is 22.8 Å². The minimum atomic E-state index is -0.870. The highest BCUT2D eigenvalue weighted by molar-refractivity contribution is 5.99. The molecule has 0 bridgehead atoms. The van der Waals surface area contributed by atoms with E-state index < -0.39 is 23.5 Å². The van der Waals surface area contributed by atoms with Gasteiger partial charge in [-0.2, -0.15) is 0 Å². The van der Waals surface area contributed by atoms with Crippen LogP contribution in [0.2, 0.25) is 0 Å². The van der Waals surface area contributed by atoms with E-state index in [9.17, 15) is 13.6 Å². The molecular formula is C16H14F2O2. The summed E-state index contributed by atoms with van der Waals surface area (Å²) in [5.74, 6) is -2.08. The average Bonchev–Trinajstić information content (AvgIpc) is 2.45. The molecule has 2 aromatic carbocycles. The van der Waals surface area contributed by atoms with Crippen LogP contribution in [0, 0.1) is 11.6 Å². The molecule has 0 N–H and O–H groups in total. The number of rotatable bonds is 5. The van der Waals surface area contributed by atoms with Gasteiger partial charge in [-0.1, -0.05) is 30.3 Å². The molecule has 1 atom stereocenters. The Morgan fingerprint density at radius 3 is 2.50 bits per heavy atom. The second kappa shape index (κ2) is 6.39. The molecule has 0 saturated heterocycles. The lowest BCUT2D eigenvalue weighted by Gasteiger charge is -2.12. The van der Waals surface area contributed by atoms with Crippen molar-refractivity contribution in [3.05, 3.63) is 71.3 Å². The van der Waals surface area contributed by atoms with Gasteiger partial charge < -0.3 is 4.74 Å². The summed E-state index contributed by atoms with van der Waals surface area (Å²) in [6.45, 7) is 1.81. The van der Waals surface area contributed by atoms with Crippen molar-refractivity contribution in [2.75, 3.05) is 0 Å². The van der Waals surface area contributed by atoms with E-state index in [0.717, 1.165) is 17.7 Å². The molecular weight excluding hydrogens is 262 g/mol. The van der Waals surface area contributed by atoms with Crippen LogP contribution in [0.5, 0.6) is 0 Å². The minimum Gasteiger partial charge on any atom is -0.366 e. The van der Waals surface area contributed by atoms with Crippen molar-refractivity contribution in [1.82, 2.24) is 0 Å². The summed E-state index contributed by atoms with van der Waals surface area (Å²) < 4.78 is 31.7. The Morgan fingerprint density at radius 1 is 1.15 bits per heavy atom. The van der Waals surface area contributed by atoms with Crippen molar-refractivity contribution in [3.8, 4) is 0 Å². The molecule has 2 nitrogen and oxygen atoms in total. The first kappa shape index (κ1) is 14.3. The predicted molar refractivity (Wildman–Crippen MR) is 71.4 cm³/mol. The Morgan fingerprint density at radius 2 is 1.85 bits per heavy atom. The van der Waals surface area contributed by atoms with E-state index in [0.29, 0.717) is 6.07 Å². The van der Waals surface area contributed by atoms with E-state index in [2.05, 4.69) is 0 Å². The topological polar surface area (TPSA) is 26.3 Å². The first-order valence-corrected chi connectivity index (χ1v) is 6.22. The summed E-state index contributed by atoms with van der Waals surface area (Å²) in [5.41, 5.74) is 0.763. The zero-order valence-electron chi connectivity index (χ0n) is 11.0. The Kier molecular flexibility index (Phi) is 4.58. The van der Waals surface area contributed by atoms with Gasteiger partial charge in [0.15, 0.2) is 5.78 Å². The van der Waals surface area contributed by atoms with Crippen molar-refractivity contribution in [1.29, 1.82) is 0 Å². The zero-order chi connectivity index (χ0) is 14.5. The number of carbonyl (C=O) groups excluding carboxylic acids is 1. The molecule has 0 aliphatic heterocycles.